The monoisotopic (exact) mass is 281 g/mol. The van der Waals surface area contributed by atoms with Crippen LogP contribution in [0.4, 0.5) is 4.39 Å². The molecule has 0 aromatic rings. The molecular formula is C10H14FO6S-. The maximum atomic E-state index is 13.8. The first-order valence-electron chi connectivity index (χ1n) is 5.68. The summed E-state index contributed by atoms with van der Waals surface area (Å²) in [6.45, 7) is 0.901. The van der Waals surface area contributed by atoms with Crippen LogP contribution in [0.15, 0.2) is 0 Å². The zero-order valence-electron chi connectivity index (χ0n) is 9.71. The van der Waals surface area contributed by atoms with E-state index in [1.807, 2.05) is 0 Å². The van der Waals surface area contributed by atoms with Crippen LogP contribution in [0.5, 0.6) is 0 Å². The fraction of sp³-hybridized carbons (Fsp3) is 0.900. The van der Waals surface area contributed by atoms with Crippen LogP contribution < -0.4 is 5.26 Å². The van der Waals surface area contributed by atoms with Gasteiger partial charge < -0.3 is 15.1 Å². The Morgan fingerprint density at radius 3 is 2.72 bits per heavy atom. The summed E-state index contributed by atoms with van der Waals surface area (Å²) in [5.74, 6) is -0.958. The normalized spacial score (nSPS) is 37.6. The number of aliphatic hydroxyl groups excluding tert-OH is 1. The van der Waals surface area contributed by atoms with Gasteiger partial charge in [-0.15, -0.1) is 0 Å². The van der Waals surface area contributed by atoms with Crippen molar-refractivity contribution in [1.29, 1.82) is 0 Å². The van der Waals surface area contributed by atoms with Crippen molar-refractivity contribution in [2.75, 3.05) is 0 Å². The molecule has 0 aliphatic heterocycles. The zero-order valence-corrected chi connectivity index (χ0v) is 10.5. The van der Waals surface area contributed by atoms with Crippen molar-refractivity contribution >= 4 is 18.0 Å². The molecule has 0 saturated heterocycles. The van der Waals surface area contributed by atoms with Gasteiger partial charge >= 0.3 is 5.97 Å². The third-order valence-electron chi connectivity index (χ3n) is 3.62. The van der Waals surface area contributed by atoms with Crippen molar-refractivity contribution in [3.63, 3.8) is 0 Å². The SMILES string of the molecule is CC(F)(SOO[O-])C(=O)OC1C2CCC(C2)C1O. The topological polar surface area (TPSA) is 88.0 Å². The van der Waals surface area contributed by atoms with Gasteiger partial charge in [0.1, 0.15) is 6.10 Å². The summed E-state index contributed by atoms with van der Waals surface area (Å²) in [4.78, 5) is 11.6. The largest absolute Gasteiger partial charge is 0.691 e. The maximum absolute atomic E-state index is 13.8. The van der Waals surface area contributed by atoms with Crippen molar-refractivity contribution in [1.82, 2.24) is 0 Å². The van der Waals surface area contributed by atoms with Gasteiger partial charge in [-0.1, -0.05) is 0 Å². The molecule has 0 heterocycles. The third-order valence-corrected chi connectivity index (χ3v) is 4.23. The van der Waals surface area contributed by atoms with Crippen molar-refractivity contribution in [2.45, 2.75) is 43.4 Å². The van der Waals surface area contributed by atoms with E-state index >= 15 is 0 Å². The first-order valence-corrected chi connectivity index (χ1v) is 6.42. The number of halogens is 1. The lowest BCUT2D eigenvalue weighted by Crippen LogP contribution is -2.41. The highest BCUT2D eigenvalue weighted by Gasteiger charge is 2.51. The molecule has 18 heavy (non-hydrogen) atoms. The van der Waals surface area contributed by atoms with Crippen LogP contribution >= 0.6 is 12.0 Å². The molecule has 0 aromatic heterocycles. The molecule has 1 N–H and O–H groups in total. The number of hydrogen-bond acceptors (Lipinski definition) is 7. The van der Waals surface area contributed by atoms with Crippen LogP contribution in [-0.4, -0.2) is 28.3 Å². The molecule has 2 saturated carbocycles. The summed E-state index contributed by atoms with van der Waals surface area (Å²) in [5, 5.41) is 19.9. The van der Waals surface area contributed by atoms with Crippen molar-refractivity contribution in [3.05, 3.63) is 0 Å². The first-order chi connectivity index (χ1) is 8.45. The lowest BCUT2D eigenvalue weighted by atomic mass is 9.95. The number of ether oxygens (including phenoxy) is 1. The number of aliphatic hydroxyl groups is 1. The molecule has 0 aromatic carbocycles. The van der Waals surface area contributed by atoms with Gasteiger partial charge in [0, 0.05) is 0 Å². The minimum absolute atomic E-state index is 0.0661. The molecule has 104 valence electrons. The van der Waals surface area contributed by atoms with Crippen LogP contribution in [0, 0.1) is 11.8 Å². The van der Waals surface area contributed by atoms with Gasteiger partial charge in [-0.2, -0.15) is 4.33 Å². The number of hydrogen-bond donors (Lipinski definition) is 1. The Kier molecular flexibility index (Phi) is 4.12. The van der Waals surface area contributed by atoms with Gasteiger partial charge in [0.2, 0.25) is 0 Å². The molecule has 0 radical (unpaired) electrons. The van der Waals surface area contributed by atoms with E-state index in [1.165, 1.54) is 0 Å². The Bertz CT molecular complexity index is 323. The fourth-order valence-electron chi connectivity index (χ4n) is 2.71. The Morgan fingerprint density at radius 2 is 2.17 bits per heavy atom. The summed E-state index contributed by atoms with van der Waals surface area (Å²) in [6.07, 6.45) is 1.19. The van der Waals surface area contributed by atoms with E-state index < -0.39 is 23.2 Å². The molecule has 0 spiro atoms. The van der Waals surface area contributed by atoms with E-state index in [2.05, 4.69) is 9.37 Å². The van der Waals surface area contributed by atoms with Gasteiger partial charge in [0.15, 0.2) is 0 Å². The second-order valence-electron chi connectivity index (χ2n) is 4.83. The van der Waals surface area contributed by atoms with Gasteiger partial charge in [-0.25, -0.2) is 9.18 Å². The lowest BCUT2D eigenvalue weighted by molar-refractivity contribution is -0.777. The molecule has 5 unspecified atom stereocenters. The molecule has 2 fully saturated rings. The number of alkyl halides is 1. The van der Waals surface area contributed by atoms with Crippen molar-refractivity contribution in [3.8, 4) is 0 Å². The van der Waals surface area contributed by atoms with Gasteiger partial charge in [-0.05, 0) is 38.0 Å². The predicted molar refractivity (Wildman–Crippen MR) is 56.0 cm³/mol. The molecule has 8 heteroatoms. The fourth-order valence-corrected chi connectivity index (χ4v) is 2.99. The van der Waals surface area contributed by atoms with E-state index in [1.54, 1.807) is 0 Å². The maximum Gasteiger partial charge on any atom is 0.357 e. The van der Waals surface area contributed by atoms with Crippen LogP contribution in [0.1, 0.15) is 26.2 Å². The molecular weight excluding hydrogens is 267 g/mol. The highest BCUT2D eigenvalue weighted by Crippen LogP contribution is 2.46. The molecule has 5 atom stereocenters. The Morgan fingerprint density at radius 1 is 1.50 bits per heavy atom. The molecule has 0 amide bonds. The highest BCUT2D eigenvalue weighted by molar-refractivity contribution is 7.96. The van der Waals surface area contributed by atoms with Gasteiger partial charge in [-0.3, -0.25) is 5.04 Å². The molecule has 6 nitrogen and oxygen atoms in total. The smallest absolute Gasteiger partial charge is 0.357 e. The van der Waals surface area contributed by atoms with E-state index in [9.17, 15) is 19.5 Å². The van der Waals surface area contributed by atoms with E-state index in [-0.39, 0.29) is 23.9 Å². The molecule has 2 aliphatic carbocycles. The minimum Gasteiger partial charge on any atom is -0.691 e. The van der Waals surface area contributed by atoms with Crippen LogP contribution in [0.25, 0.3) is 0 Å². The van der Waals surface area contributed by atoms with Gasteiger partial charge in [0.05, 0.1) is 18.1 Å². The molecule has 2 aliphatic rings. The molecule has 2 rings (SSSR count). The Labute approximate surface area is 107 Å². The average molecular weight is 281 g/mol. The standard InChI is InChI=1S/C10H15FO6S/c1-10(11,18-17-16-14)9(13)15-8-6-3-2-5(4-6)7(8)12/h5-8,12,14H,2-4H2,1H3/p-1. The quantitative estimate of drug-likeness (QED) is 0.334. The summed E-state index contributed by atoms with van der Waals surface area (Å²) in [5.41, 5.74) is 0. The summed E-state index contributed by atoms with van der Waals surface area (Å²) >= 11 is -0.0661. The van der Waals surface area contributed by atoms with Crippen LogP contribution in [0.3, 0.4) is 0 Å². The van der Waals surface area contributed by atoms with Crippen molar-refractivity contribution in [2.24, 2.45) is 11.8 Å². The number of esters is 1. The van der Waals surface area contributed by atoms with E-state index in [4.69, 9.17) is 4.74 Å². The van der Waals surface area contributed by atoms with Crippen LogP contribution in [-0.2, 0) is 18.9 Å². The second kappa shape index (κ2) is 5.30. The number of carbonyl (C=O) groups is 1. The Hall–Kier alpha value is -0.410. The number of rotatable bonds is 5. The van der Waals surface area contributed by atoms with Crippen molar-refractivity contribution < 1.29 is 33.7 Å². The Balaban J connectivity index is 1.91. The van der Waals surface area contributed by atoms with E-state index in [0.29, 0.717) is 0 Å². The average Bonchev–Trinajstić information content (AvgIpc) is 2.90. The molecule has 2 bridgehead atoms. The summed E-state index contributed by atoms with van der Waals surface area (Å²) in [7, 11) is 0. The lowest BCUT2D eigenvalue weighted by Gasteiger charge is -2.28. The summed E-state index contributed by atoms with van der Waals surface area (Å²) in [6, 6.07) is 0. The summed E-state index contributed by atoms with van der Waals surface area (Å²) < 4.78 is 22.5. The minimum atomic E-state index is -2.55. The number of fused-ring (bicyclic) bond motifs is 2. The third kappa shape index (κ3) is 2.62. The number of carbonyl (C=O) groups excluding carboxylic acids is 1. The zero-order chi connectivity index (χ0) is 13.3. The van der Waals surface area contributed by atoms with E-state index in [0.717, 1.165) is 26.2 Å². The predicted octanol–water partition coefficient (Wildman–Crippen LogP) is 0.246. The van der Waals surface area contributed by atoms with Crippen LogP contribution in [0.2, 0.25) is 0 Å². The van der Waals surface area contributed by atoms with Gasteiger partial charge in [0.25, 0.3) is 5.00 Å². The first kappa shape index (κ1) is 14.0. The highest BCUT2D eigenvalue weighted by atomic mass is 32.2. The second-order valence-corrected chi connectivity index (χ2v) is 5.90.